The number of ether oxygens (including phenoxy) is 1. The first-order chi connectivity index (χ1) is 13.5. The van der Waals surface area contributed by atoms with E-state index in [4.69, 9.17) is 9.73 Å². The van der Waals surface area contributed by atoms with E-state index in [0.29, 0.717) is 6.54 Å². The van der Waals surface area contributed by atoms with Crippen LogP contribution in [0.5, 0.6) is 0 Å². The third-order valence-electron chi connectivity index (χ3n) is 4.72. The van der Waals surface area contributed by atoms with Gasteiger partial charge in [-0.25, -0.2) is 4.99 Å². The van der Waals surface area contributed by atoms with Gasteiger partial charge in [-0.1, -0.05) is 31.2 Å². The van der Waals surface area contributed by atoms with E-state index in [1.54, 1.807) is 0 Å². The number of aliphatic imine (C=N–C) groups is 1. The molecule has 2 rings (SSSR count). The van der Waals surface area contributed by atoms with Gasteiger partial charge in [0.05, 0.1) is 0 Å². The minimum atomic E-state index is 0.490. The lowest BCUT2D eigenvalue weighted by Crippen LogP contribution is -2.39. The van der Waals surface area contributed by atoms with Crippen molar-refractivity contribution in [2.75, 3.05) is 26.8 Å². The van der Waals surface area contributed by atoms with Crippen molar-refractivity contribution in [3.63, 3.8) is 0 Å². The Bertz CT molecular complexity index is 738. The topological polar surface area (TPSA) is 67.6 Å². The molecule has 154 valence electrons. The minimum absolute atomic E-state index is 0.490. The number of rotatable bonds is 10. The summed E-state index contributed by atoms with van der Waals surface area (Å²) >= 11 is 0. The van der Waals surface area contributed by atoms with E-state index < -0.39 is 0 Å². The molecular weight excluding hydrogens is 352 g/mol. The molecular formula is C21H34N6O. The van der Waals surface area contributed by atoms with Crippen LogP contribution in [0.25, 0.3) is 0 Å². The van der Waals surface area contributed by atoms with Crippen molar-refractivity contribution < 1.29 is 4.74 Å². The molecule has 1 aromatic heterocycles. The molecule has 2 aromatic rings. The average molecular weight is 387 g/mol. The fourth-order valence-corrected chi connectivity index (χ4v) is 2.79. The van der Waals surface area contributed by atoms with Crippen molar-refractivity contribution in [1.29, 1.82) is 0 Å². The maximum Gasteiger partial charge on any atom is 0.194 e. The zero-order chi connectivity index (χ0) is 20.4. The smallest absolute Gasteiger partial charge is 0.194 e. The molecule has 7 nitrogen and oxygen atoms in total. The number of aryl methyl sites for hydroxylation is 2. The molecule has 1 N–H and O–H groups in total. The number of aromatic nitrogens is 3. The molecule has 0 atom stereocenters. The van der Waals surface area contributed by atoms with Crippen LogP contribution in [0.3, 0.4) is 0 Å². The Morgan fingerprint density at radius 1 is 1.18 bits per heavy atom. The van der Waals surface area contributed by atoms with E-state index in [-0.39, 0.29) is 0 Å². The highest BCUT2D eigenvalue weighted by molar-refractivity contribution is 5.79. The third kappa shape index (κ3) is 6.64. The third-order valence-corrected chi connectivity index (χ3v) is 4.72. The van der Waals surface area contributed by atoms with Crippen molar-refractivity contribution >= 4 is 5.96 Å². The second-order valence-corrected chi connectivity index (χ2v) is 6.87. The maximum atomic E-state index is 5.43. The number of guanidine groups is 1. The first kappa shape index (κ1) is 21.9. The first-order valence-corrected chi connectivity index (χ1v) is 10.0. The van der Waals surface area contributed by atoms with Crippen LogP contribution in [0, 0.1) is 6.92 Å². The Morgan fingerprint density at radius 3 is 2.50 bits per heavy atom. The Balaban J connectivity index is 2.04. The van der Waals surface area contributed by atoms with Gasteiger partial charge in [0.25, 0.3) is 0 Å². The molecule has 1 heterocycles. The summed E-state index contributed by atoms with van der Waals surface area (Å²) in [5.74, 6) is 2.60. The van der Waals surface area contributed by atoms with E-state index in [2.05, 4.69) is 58.7 Å². The summed E-state index contributed by atoms with van der Waals surface area (Å²) < 4.78 is 7.40. The van der Waals surface area contributed by atoms with Gasteiger partial charge in [0.2, 0.25) is 0 Å². The zero-order valence-electron chi connectivity index (χ0n) is 17.9. The highest BCUT2D eigenvalue weighted by Crippen LogP contribution is 2.08. The summed E-state index contributed by atoms with van der Waals surface area (Å²) in [6.07, 6.45) is 2.00. The molecule has 7 heteroatoms. The van der Waals surface area contributed by atoms with Gasteiger partial charge in [-0.15, -0.1) is 10.2 Å². The van der Waals surface area contributed by atoms with Crippen molar-refractivity contribution in [1.82, 2.24) is 25.0 Å². The molecule has 0 aliphatic rings. The molecule has 1 aromatic carbocycles. The van der Waals surface area contributed by atoms with Crippen LogP contribution >= 0.6 is 0 Å². The number of nitrogens with zero attached hydrogens (tertiary/aromatic N) is 5. The van der Waals surface area contributed by atoms with Crippen LogP contribution in [0.2, 0.25) is 0 Å². The summed E-state index contributed by atoms with van der Waals surface area (Å²) in [6, 6.07) is 8.76. The highest BCUT2D eigenvalue weighted by Gasteiger charge is 2.09. The monoisotopic (exact) mass is 386 g/mol. The van der Waals surface area contributed by atoms with Crippen molar-refractivity contribution in [3.8, 4) is 0 Å². The van der Waals surface area contributed by atoms with Gasteiger partial charge in [-0.2, -0.15) is 0 Å². The summed E-state index contributed by atoms with van der Waals surface area (Å²) in [5, 5.41) is 11.8. The molecule has 0 aliphatic carbocycles. The van der Waals surface area contributed by atoms with Gasteiger partial charge < -0.3 is 19.5 Å². The quantitative estimate of drug-likeness (QED) is 0.386. The summed E-state index contributed by atoms with van der Waals surface area (Å²) in [7, 11) is 4.03. The lowest BCUT2D eigenvalue weighted by molar-refractivity contribution is 0.145. The van der Waals surface area contributed by atoms with Gasteiger partial charge in [-0.05, 0) is 37.8 Å². The van der Waals surface area contributed by atoms with E-state index in [1.165, 1.54) is 11.1 Å². The van der Waals surface area contributed by atoms with Crippen LogP contribution in [0.1, 0.15) is 43.0 Å². The first-order valence-electron chi connectivity index (χ1n) is 10.0. The summed E-state index contributed by atoms with van der Waals surface area (Å²) in [4.78, 5) is 6.93. The molecule has 0 saturated carbocycles. The summed E-state index contributed by atoms with van der Waals surface area (Å²) in [6.45, 7) is 9.73. The summed E-state index contributed by atoms with van der Waals surface area (Å²) in [5.41, 5.74) is 2.62. The van der Waals surface area contributed by atoms with Crippen molar-refractivity contribution in [3.05, 3.63) is 47.0 Å². The Hall–Kier alpha value is -2.41. The van der Waals surface area contributed by atoms with Crippen molar-refractivity contribution in [2.24, 2.45) is 12.0 Å². The van der Waals surface area contributed by atoms with Crippen LogP contribution in [-0.2, 0) is 31.3 Å². The second kappa shape index (κ2) is 11.4. The Kier molecular flexibility index (Phi) is 8.94. The van der Waals surface area contributed by atoms with Gasteiger partial charge in [0, 0.05) is 40.4 Å². The fraction of sp³-hybridized carbons (Fsp3) is 0.571. The predicted octanol–water partition coefficient (Wildman–Crippen LogP) is 2.69. The van der Waals surface area contributed by atoms with E-state index in [1.807, 2.05) is 25.5 Å². The average Bonchev–Trinajstić information content (AvgIpc) is 3.02. The SMILES string of the molecule is CCOCCCNC(=NCc1nnc(C)n1C)N(C)Cc1ccc(CC)cc1. The molecule has 0 amide bonds. The number of hydrogen-bond acceptors (Lipinski definition) is 4. The predicted molar refractivity (Wildman–Crippen MR) is 113 cm³/mol. The largest absolute Gasteiger partial charge is 0.382 e. The maximum absolute atomic E-state index is 5.43. The highest BCUT2D eigenvalue weighted by atomic mass is 16.5. The molecule has 0 fully saturated rings. The second-order valence-electron chi connectivity index (χ2n) is 6.87. The van der Waals surface area contributed by atoms with Crippen molar-refractivity contribution in [2.45, 2.75) is 46.7 Å². The number of benzene rings is 1. The molecule has 0 radical (unpaired) electrons. The Labute approximate surface area is 168 Å². The van der Waals surface area contributed by atoms with Crippen LogP contribution in [-0.4, -0.2) is 52.4 Å². The van der Waals surface area contributed by atoms with Crippen LogP contribution < -0.4 is 5.32 Å². The Morgan fingerprint density at radius 2 is 1.89 bits per heavy atom. The normalized spacial score (nSPS) is 11.7. The van der Waals surface area contributed by atoms with Crippen LogP contribution in [0.4, 0.5) is 0 Å². The van der Waals surface area contributed by atoms with Gasteiger partial charge in [-0.3, -0.25) is 0 Å². The molecule has 0 bridgehead atoms. The fourth-order valence-electron chi connectivity index (χ4n) is 2.79. The number of nitrogens with one attached hydrogen (secondary N) is 1. The van der Waals surface area contributed by atoms with E-state index >= 15 is 0 Å². The standard InChI is InChI=1S/C21H34N6O/c1-6-18-9-11-19(12-10-18)16-26(4)21(22-13-8-14-28-7-2)23-15-20-25-24-17(3)27(20)5/h9-12H,6-8,13-16H2,1-5H3,(H,22,23). The molecule has 28 heavy (non-hydrogen) atoms. The minimum Gasteiger partial charge on any atom is -0.382 e. The van der Waals surface area contributed by atoms with Gasteiger partial charge in [0.15, 0.2) is 11.8 Å². The van der Waals surface area contributed by atoms with Gasteiger partial charge >= 0.3 is 0 Å². The van der Waals surface area contributed by atoms with E-state index in [0.717, 1.165) is 56.8 Å². The van der Waals surface area contributed by atoms with Crippen LogP contribution in [0.15, 0.2) is 29.3 Å². The lowest BCUT2D eigenvalue weighted by atomic mass is 10.1. The molecule has 0 saturated heterocycles. The van der Waals surface area contributed by atoms with E-state index in [9.17, 15) is 0 Å². The zero-order valence-corrected chi connectivity index (χ0v) is 17.9. The van der Waals surface area contributed by atoms with Gasteiger partial charge in [0.1, 0.15) is 12.4 Å². The lowest BCUT2D eigenvalue weighted by Gasteiger charge is -2.23. The molecule has 0 spiro atoms. The molecule has 0 unspecified atom stereocenters. The number of hydrogen-bond donors (Lipinski definition) is 1. The molecule has 0 aliphatic heterocycles.